The van der Waals surface area contributed by atoms with Gasteiger partial charge >= 0.3 is 5.97 Å². The number of carbonyl (C=O) groups is 1. The molecule has 20 heavy (non-hydrogen) atoms. The molecule has 3 aromatic rings. The number of hydrogen-bond donors (Lipinski definition) is 0. The Bertz CT molecular complexity index is 716. The molecule has 0 atom stereocenters. The summed E-state index contributed by atoms with van der Waals surface area (Å²) in [7, 11) is 0. The van der Waals surface area contributed by atoms with Crippen LogP contribution < -0.4 is 0 Å². The van der Waals surface area contributed by atoms with E-state index in [1.807, 2.05) is 65.3 Å². The summed E-state index contributed by atoms with van der Waals surface area (Å²) in [6.45, 7) is 0.396. The maximum atomic E-state index is 12.1. The number of benzene rings is 1. The van der Waals surface area contributed by atoms with Crippen LogP contribution in [-0.2, 0) is 11.2 Å². The smallest absolute Gasteiger partial charge is 0.340 e. The standard InChI is InChI=1S/C17H15NO2/c19-17(20-13-10-14-6-2-1-3-7-14)15-9-12-18-11-5-4-8-16(15)18/h1-9,11-12H,10,13H2. The van der Waals surface area contributed by atoms with Crippen molar-refractivity contribution in [3.63, 3.8) is 0 Å². The lowest BCUT2D eigenvalue weighted by molar-refractivity contribution is 0.0512. The molecule has 0 unspecified atom stereocenters. The van der Waals surface area contributed by atoms with Crippen LogP contribution in [0.2, 0.25) is 0 Å². The van der Waals surface area contributed by atoms with Crippen LogP contribution in [0.1, 0.15) is 15.9 Å². The molecule has 0 N–H and O–H groups in total. The second kappa shape index (κ2) is 5.61. The molecule has 100 valence electrons. The number of nitrogens with zero attached hydrogens (tertiary/aromatic N) is 1. The Morgan fingerprint density at radius 3 is 2.60 bits per heavy atom. The number of aromatic nitrogens is 1. The maximum Gasteiger partial charge on any atom is 0.340 e. The molecule has 0 amide bonds. The van der Waals surface area contributed by atoms with Crippen LogP contribution in [0.3, 0.4) is 0 Å². The molecule has 2 aromatic heterocycles. The summed E-state index contributed by atoms with van der Waals surface area (Å²) in [5, 5.41) is 0. The van der Waals surface area contributed by atoms with Crippen molar-refractivity contribution >= 4 is 11.5 Å². The Balaban J connectivity index is 1.65. The molecule has 3 heteroatoms. The third kappa shape index (κ3) is 2.57. The quantitative estimate of drug-likeness (QED) is 0.677. The summed E-state index contributed by atoms with van der Waals surface area (Å²) in [5.41, 5.74) is 2.65. The predicted octanol–water partition coefficient (Wildman–Crippen LogP) is 3.34. The molecule has 0 spiro atoms. The molecule has 3 rings (SSSR count). The summed E-state index contributed by atoms with van der Waals surface area (Å²) in [6.07, 6.45) is 4.51. The van der Waals surface area contributed by atoms with E-state index in [1.165, 1.54) is 5.56 Å². The highest BCUT2D eigenvalue weighted by Crippen LogP contribution is 2.13. The Labute approximate surface area is 117 Å². The van der Waals surface area contributed by atoms with Crippen LogP contribution in [0.5, 0.6) is 0 Å². The van der Waals surface area contributed by atoms with E-state index < -0.39 is 0 Å². The molecule has 0 radical (unpaired) electrons. The first-order chi connectivity index (χ1) is 9.84. The van der Waals surface area contributed by atoms with Gasteiger partial charge in [-0.1, -0.05) is 36.4 Å². The average Bonchev–Trinajstić information content (AvgIpc) is 2.92. The first kappa shape index (κ1) is 12.5. The zero-order valence-electron chi connectivity index (χ0n) is 11.0. The minimum atomic E-state index is -0.269. The molecule has 0 aliphatic rings. The fourth-order valence-corrected chi connectivity index (χ4v) is 2.21. The Kier molecular flexibility index (Phi) is 3.50. The van der Waals surface area contributed by atoms with Gasteiger partial charge in [0, 0.05) is 18.8 Å². The van der Waals surface area contributed by atoms with E-state index in [-0.39, 0.29) is 5.97 Å². The molecular weight excluding hydrogens is 250 g/mol. The summed E-state index contributed by atoms with van der Waals surface area (Å²) in [5.74, 6) is -0.269. The van der Waals surface area contributed by atoms with Gasteiger partial charge < -0.3 is 9.14 Å². The van der Waals surface area contributed by atoms with Crippen LogP contribution >= 0.6 is 0 Å². The van der Waals surface area contributed by atoms with Crippen molar-refractivity contribution in [2.75, 3.05) is 6.61 Å². The second-order valence-corrected chi connectivity index (χ2v) is 4.59. The number of rotatable bonds is 4. The van der Waals surface area contributed by atoms with E-state index >= 15 is 0 Å². The Morgan fingerprint density at radius 2 is 1.75 bits per heavy atom. The first-order valence-corrected chi connectivity index (χ1v) is 6.61. The lowest BCUT2D eigenvalue weighted by atomic mass is 10.2. The number of pyridine rings is 1. The van der Waals surface area contributed by atoms with E-state index in [0.29, 0.717) is 12.2 Å². The Morgan fingerprint density at radius 1 is 0.950 bits per heavy atom. The molecule has 1 aromatic carbocycles. The summed E-state index contributed by atoms with van der Waals surface area (Å²) < 4.78 is 7.26. The normalized spacial score (nSPS) is 10.6. The summed E-state index contributed by atoms with van der Waals surface area (Å²) >= 11 is 0. The van der Waals surface area contributed by atoms with Gasteiger partial charge in [0.15, 0.2) is 0 Å². The zero-order chi connectivity index (χ0) is 13.8. The van der Waals surface area contributed by atoms with Gasteiger partial charge in [0.2, 0.25) is 0 Å². The van der Waals surface area contributed by atoms with E-state index in [9.17, 15) is 4.79 Å². The molecule has 0 saturated carbocycles. The van der Waals surface area contributed by atoms with Crippen molar-refractivity contribution in [3.05, 3.63) is 78.1 Å². The Hall–Kier alpha value is -2.55. The molecule has 0 saturated heterocycles. The topological polar surface area (TPSA) is 30.7 Å². The molecule has 0 aliphatic heterocycles. The highest BCUT2D eigenvalue weighted by Gasteiger charge is 2.12. The van der Waals surface area contributed by atoms with E-state index in [0.717, 1.165) is 11.9 Å². The minimum Gasteiger partial charge on any atom is -0.462 e. The fourth-order valence-electron chi connectivity index (χ4n) is 2.21. The maximum absolute atomic E-state index is 12.1. The lowest BCUT2D eigenvalue weighted by Gasteiger charge is -2.04. The monoisotopic (exact) mass is 265 g/mol. The molecule has 0 aliphatic carbocycles. The van der Waals surface area contributed by atoms with E-state index in [4.69, 9.17) is 4.74 Å². The van der Waals surface area contributed by atoms with Crippen LogP contribution in [-0.4, -0.2) is 17.0 Å². The van der Waals surface area contributed by atoms with Crippen molar-refractivity contribution in [1.82, 2.24) is 4.40 Å². The molecular formula is C17H15NO2. The first-order valence-electron chi connectivity index (χ1n) is 6.61. The summed E-state index contributed by atoms with van der Waals surface area (Å²) in [6, 6.07) is 17.5. The van der Waals surface area contributed by atoms with E-state index in [2.05, 4.69) is 0 Å². The summed E-state index contributed by atoms with van der Waals surface area (Å²) in [4.78, 5) is 12.1. The van der Waals surface area contributed by atoms with Gasteiger partial charge in [-0.15, -0.1) is 0 Å². The SMILES string of the molecule is O=C(OCCc1ccccc1)c1ccn2ccccc12. The van der Waals surface area contributed by atoms with Crippen LogP contribution in [0.4, 0.5) is 0 Å². The van der Waals surface area contributed by atoms with Gasteiger partial charge in [-0.05, 0) is 23.8 Å². The number of fused-ring (bicyclic) bond motifs is 1. The van der Waals surface area contributed by atoms with Crippen LogP contribution in [0.25, 0.3) is 5.52 Å². The molecule has 2 heterocycles. The van der Waals surface area contributed by atoms with E-state index in [1.54, 1.807) is 6.07 Å². The van der Waals surface area contributed by atoms with Crippen molar-refractivity contribution < 1.29 is 9.53 Å². The fraction of sp³-hybridized carbons (Fsp3) is 0.118. The van der Waals surface area contributed by atoms with Gasteiger partial charge in [0.25, 0.3) is 0 Å². The minimum absolute atomic E-state index is 0.269. The molecule has 3 nitrogen and oxygen atoms in total. The third-order valence-electron chi connectivity index (χ3n) is 3.25. The third-order valence-corrected chi connectivity index (χ3v) is 3.25. The largest absolute Gasteiger partial charge is 0.462 e. The average molecular weight is 265 g/mol. The highest BCUT2D eigenvalue weighted by molar-refractivity contribution is 5.97. The van der Waals surface area contributed by atoms with Crippen LogP contribution in [0, 0.1) is 0 Å². The van der Waals surface area contributed by atoms with Gasteiger partial charge in [-0.25, -0.2) is 4.79 Å². The van der Waals surface area contributed by atoms with Crippen molar-refractivity contribution in [2.45, 2.75) is 6.42 Å². The van der Waals surface area contributed by atoms with Gasteiger partial charge in [0.05, 0.1) is 17.7 Å². The van der Waals surface area contributed by atoms with Crippen LogP contribution in [0.15, 0.2) is 67.0 Å². The lowest BCUT2D eigenvalue weighted by Crippen LogP contribution is -2.07. The highest BCUT2D eigenvalue weighted by atomic mass is 16.5. The van der Waals surface area contributed by atoms with Crippen molar-refractivity contribution in [3.8, 4) is 0 Å². The zero-order valence-corrected chi connectivity index (χ0v) is 11.0. The predicted molar refractivity (Wildman–Crippen MR) is 77.8 cm³/mol. The van der Waals surface area contributed by atoms with Gasteiger partial charge in [-0.3, -0.25) is 0 Å². The number of hydrogen-bond acceptors (Lipinski definition) is 2. The molecule has 0 fully saturated rings. The van der Waals surface area contributed by atoms with Gasteiger partial charge in [-0.2, -0.15) is 0 Å². The van der Waals surface area contributed by atoms with Crippen molar-refractivity contribution in [2.24, 2.45) is 0 Å². The number of ether oxygens (including phenoxy) is 1. The second-order valence-electron chi connectivity index (χ2n) is 4.59. The van der Waals surface area contributed by atoms with Crippen molar-refractivity contribution in [1.29, 1.82) is 0 Å². The van der Waals surface area contributed by atoms with Gasteiger partial charge in [0.1, 0.15) is 0 Å². The molecule has 0 bridgehead atoms. The number of carbonyl (C=O) groups excluding carboxylic acids is 1. The number of esters is 1.